The number of amides is 2. The summed E-state index contributed by atoms with van der Waals surface area (Å²) in [5.74, 6) is -16.8. The second-order valence-corrected chi connectivity index (χ2v) is 10.6. The average molecular weight is 669 g/mol. The number of nitrogens with one attached hydrogen (secondary N) is 3. The maximum atomic E-state index is 14.2. The zero-order chi connectivity index (χ0) is 34.9. The molecule has 2 amide bonds. The second kappa shape index (κ2) is 20.0. The molecule has 0 aliphatic heterocycles. The van der Waals surface area contributed by atoms with Gasteiger partial charge in [-0.05, 0) is 18.1 Å². The number of nitroso groups, excluding NO2 is 1. The Labute approximate surface area is 270 Å². The molecular formula is C33H41F5N4O5. The zero-order valence-electron chi connectivity index (χ0n) is 26.7. The van der Waals surface area contributed by atoms with Gasteiger partial charge in [-0.15, -0.1) is 0 Å². The van der Waals surface area contributed by atoms with E-state index in [0.29, 0.717) is 12.0 Å². The van der Waals surface area contributed by atoms with Gasteiger partial charge in [-0.25, -0.2) is 18.0 Å². The molecule has 2 unspecified atom stereocenters. The number of fused-ring (bicyclic) bond motifs is 1. The number of hydrogen-bond acceptors (Lipinski definition) is 6. The second-order valence-electron chi connectivity index (χ2n) is 10.6. The molecular weight excluding hydrogens is 627 g/mol. The minimum Gasteiger partial charge on any atom is -0.418 e. The van der Waals surface area contributed by atoms with E-state index in [-0.39, 0.29) is 12.8 Å². The number of rotatable bonds is 18. The van der Waals surface area contributed by atoms with Crippen LogP contribution in [-0.4, -0.2) is 41.4 Å². The van der Waals surface area contributed by atoms with Crippen LogP contribution in [0.4, 0.5) is 22.0 Å². The van der Waals surface area contributed by atoms with Crippen LogP contribution < -0.4 is 15.4 Å². The number of hydrogen-bond donors (Lipinski definition) is 3. The summed E-state index contributed by atoms with van der Waals surface area (Å²) in [4.78, 5) is 53.0. The molecule has 2 atom stereocenters. The number of benzene rings is 2. The van der Waals surface area contributed by atoms with Crippen molar-refractivity contribution in [2.45, 2.75) is 97.1 Å². The van der Waals surface area contributed by atoms with Crippen molar-refractivity contribution in [2.75, 3.05) is 6.54 Å². The van der Waals surface area contributed by atoms with Crippen molar-refractivity contribution in [3.05, 3.63) is 70.0 Å². The molecule has 14 heteroatoms. The van der Waals surface area contributed by atoms with Crippen molar-refractivity contribution in [1.29, 1.82) is 0 Å². The van der Waals surface area contributed by atoms with Crippen molar-refractivity contribution in [1.82, 2.24) is 15.6 Å². The van der Waals surface area contributed by atoms with Gasteiger partial charge >= 0.3 is 5.97 Å². The summed E-state index contributed by atoms with van der Waals surface area (Å²) in [6.45, 7) is 5.54. The van der Waals surface area contributed by atoms with E-state index in [1.165, 1.54) is 0 Å². The minimum atomic E-state index is -2.45. The van der Waals surface area contributed by atoms with E-state index in [1.807, 2.05) is 19.9 Å². The van der Waals surface area contributed by atoms with Gasteiger partial charge in [0.1, 0.15) is 12.1 Å². The van der Waals surface area contributed by atoms with E-state index in [2.05, 4.69) is 32.5 Å². The molecule has 258 valence electrons. The highest BCUT2D eigenvalue weighted by molar-refractivity contribution is 5.92. The molecule has 47 heavy (non-hydrogen) atoms. The number of aromatic nitrogens is 1. The highest BCUT2D eigenvalue weighted by Crippen LogP contribution is 2.29. The third-order valence-electron chi connectivity index (χ3n) is 7.24. The van der Waals surface area contributed by atoms with Gasteiger partial charge in [-0.3, -0.25) is 9.59 Å². The predicted molar refractivity (Wildman–Crippen MR) is 167 cm³/mol. The van der Waals surface area contributed by atoms with Crippen LogP contribution in [0.25, 0.3) is 10.9 Å². The monoisotopic (exact) mass is 668 g/mol. The van der Waals surface area contributed by atoms with Crippen molar-refractivity contribution < 1.29 is 41.1 Å². The Morgan fingerprint density at radius 1 is 0.830 bits per heavy atom. The Balaban J connectivity index is 0.00000376. The lowest BCUT2D eigenvalue weighted by Gasteiger charge is -2.22. The van der Waals surface area contributed by atoms with E-state index in [1.54, 1.807) is 24.4 Å². The molecule has 0 aliphatic rings. The first-order valence-electron chi connectivity index (χ1n) is 15.8. The first-order chi connectivity index (χ1) is 22.6. The van der Waals surface area contributed by atoms with Crippen LogP contribution >= 0.6 is 0 Å². The third-order valence-corrected chi connectivity index (χ3v) is 7.24. The molecule has 3 N–H and O–H groups in total. The summed E-state index contributed by atoms with van der Waals surface area (Å²) in [7, 11) is 0. The number of nitrogens with zero attached hydrogens (tertiary/aromatic N) is 1. The quantitative estimate of drug-likeness (QED) is 0.0249. The fourth-order valence-corrected chi connectivity index (χ4v) is 4.79. The standard InChI is InChI=1S/C31H35F5N4O5.C2H6/c1-2-3-4-5-6-7-8-13-23(41)39-22(16-18-17-37-20-12-10-9-11-19(18)20)30(42)40-21(14-15-38-44)31(43)45-29-27(35)25(33)24(32)26(34)28(29)36;1-2/h9-12,17,21-22,37H,2-8,13-16H2,1H3,(H,39,41)(H,40,42);1-2H3. The largest absolute Gasteiger partial charge is 0.418 e. The molecule has 0 spiro atoms. The number of unbranched alkanes of at least 4 members (excludes halogenated alkanes) is 6. The van der Waals surface area contributed by atoms with Crippen molar-refractivity contribution in [3.8, 4) is 5.75 Å². The van der Waals surface area contributed by atoms with Gasteiger partial charge in [0, 0.05) is 36.4 Å². The molecule has 0 bridgehead atoms. The number of aromatic amines is 1. The van der Waals surface area contributed by atoms with Gasteiger partial charge in [0.2, 0.25) is 46.6 Å². The summed E-state index contributed by atoms with van der Waals surface area (Å²) in [5, 5.41) is 8.29. The predicted octanol–water partition coefficient (Wildman–Crippen LogP) is 7.30. The first-order valence-corrected chi connectivity index (χ1v) is 15.8. The maximum Gasteiger partial charge on any atom is 0.334 e. The van der Waals surface area contributed by atoms with Crippen LogP contribution in [0.3, 0.4) is 0 Å². The number of H-pyrrole nitrogens is 1. The molecule has 0 saturated heterocycles. The molecule has 0 fully saturated rings. The van der Waals surface area contributed by atoms with Crippen LogP contribution in [0.15, 0.2) is 35.6 Å². The number of carbonyl (C=O) groups is 3. The Morgan fingerprint density at radius 3 is 2.06 bits per heavy atom. The van der Waals surface area contributed by atoms with Gasteiger partial charge in [-0.1, -0.05) is 82.7 Å². The summed E-state index contributed by atoms with van der Waals surface area (Å²) >= 11 is 0. The summed E-state index contributed by atoms with van der Waals surface area (Å²) in [5.41, 5.74) is 1.42. The van der Waals surface area contributed by atoms with E-state index in [0.717, 1.165) is 49.4 Å². The van der Waals surface area contributed by atoms with Crippen LogP contribution in [-0.2, 0) is 20.8 Å². The number of esters is 1. The third kappa shape index (κ3) is 11.1. The lowest BCUT2D eigenvalue weighted by atomic mass is 10.0. The topological polar surface area (TPSA) is 130 Å². The van der Waals surface area contributed by atoms with Gasteiger partial charge < -0.3 is 20.4 Å². The summed E-state index contributed by atoms with van der Waals surface area (Å²) < 4.78 is 73.5. The van der Waals surface area contributed by atoms with Crippen LogP contribution in [0, 0.1) is 34.0 Å². The molecule has 0 radical (unpaired) electrons. The van der Waals surface area contributed by atoms with Crippen LogP contribution in [0.5, 0.6) is 5.75 Å². The van der Waals surface area contributed by atoms with E-state index in [9.17, 15) is 41.2 Å². The van der Waals surface area contributed by atoms with E-state index < -0.39 is 77.7 Å². The minimum absolute atomic E-state index is 0.0378. The average Bonchev–Trinajstić information content (AvgIpc) is 3.49. The number of halogens is 5. The summed E-state index contributed by atoms with van der Waals surface area (Å²) in [6.07, 6.45) is 8.01. The molecule has 3 aromatic rings. The van der Waals surface area contributed by atoms with Crippen LogP contribution in [0.2, 0.25) is 0 Å². The number of para-hydroxylation sites is 1. The zero-order valence-corrected chi connectivity index (χ0v) is 26.7. The van der Waals surface area contributed by atoms with Crippen molar-refractivity contribution in [3.63, 3.8) is 0 Å². The highest BCUT2D eigenvalue weighted by Gasteiger charge is 2.33. The Morgan fingerprint density at radius 2 is 1.43 bits per heavy atom. The summed E-state index contributed by atoms with van der Waals surface area (Å²) in [6, 6.07) is 4.15. The van der Waals surface area contributed by atoms with Gasteiger partial charge in [0.05, 0.1) is 6.54 Å². The maximum absolute atomic E-state index is 14.2. The lowest BCUT2D eigenvalue weighted by molar-refractivity contribution is -0.140. The van der Waals surface area contributed by atoms with Crippen LogP contribution in [0.1, 0.15) is 84.1 Å². The normalized spacial score (nSPS) is 12.1. The fraction of sp³-hybridized carbons (Fsp3) is 0.485. The van der Waals surface area contributed by atoms with Gasteiger partial charge in [0.25, 0.3) is 0 Å². The molecule has 3 rings (SSSR count). The number of ether oxygens (including phenoxy) is 1. The van der Waals surface area contributed by atoms with Gasteiger partial charge in [0.15, 0.2) is 0 Å². The highest BCUT2D eigenvalue weighted by atomic mass is 19.2. The molecule has 2 aromatic carbocycles. The van der Waals surface area contributed by atoms with E-state index in [4.69, 9.17) is 0 Å². The fourth-order valence-electron chi connectivity index (χ4n) is 4.79. The Hall–Kier alpha value is -4.36. The molecule has 0 aliphatic carbocycles. The van der Waals surface area contributed by atoms with Crippen molar-refractivity contribution >= 4 is 28.7 Å². The Bertz CT molecular complexity index is 1470. The van der Waals surface area contributed by atoms with Crippen molar-refractivity contribution in [2.24, 2.45) is 5.18 Å². The van der Waals surface area contributed by atoms with Gasteiger partial charge in [-0.2, -0.15) is 13.7 Å². The SMILES string of the molecule is CC.CCCCCCCCCC(=O)NC(Cc1c[nH]c2ccccc12)C(=O)NC(CCN=O)C(=O)Oc1c(F)c(F)c(F)c(F)c1F. The van der Waals surface area contributed by atoms with E-state index >= 15 is 0 Å². The smallest absolute Gasteiger partial charge is 0.334 e. The first kappa shape index (κ1) is 38.8. The molecule has 0 saturated carbocycles. The molecule has 9 nitrogen and oxygen atoms in total. The number of carbonyl (C=O) groups excluding carboxylic acids is 3. The molecule has 1 aromatic heterocycles. The molecule has 1 heterocycles. The Kier molecular flexibility index (Phi) is 16.5. The lowest BCUT2D eigenvalue weighted by Crippen LogP contribution is -2.53.